The second kappa shape index (κ2) is 5.45. The van der Waals surface area contributed by atoms with Crippen molar-refractivity contribution in [3.05, 3.63) is 56.4 Å². The summed E-state index contributed by atoms with van der Waals surface area (Å²) in [5, 5.41) is 13.0. The van der Waals surface area contributed by atoms with Gasteiger partial charge in [-0.3, -0.25) is 9.59 Å². The first-order valence-electron chi connectivity index (χ1n) is 6.32. The van der Waals surface area contributed by atoms with Crippen LogP contribution >= 0.6 is 11.3 Å². The zero-order valence-corrected chi connectivity index (χ0v) is 12.0. The van der Waals surface area contributed by atoms with E-state index < -0.39 is 0 Å². The van der Waals surface area contributed by atoms with Crippen molar-refractivity contribution in [1.82, 2.24) is 20.5 Å². The monoisotopic (exact) mass is 300 g/mol. The van der Waals surface area contributed by atoms with Gasteiger partial charge in [0.05, 0.1) is 22.6 Å². The molecule has 3 rings (SSSR count). The van der Waals surface area contributed by atoms with Crippen LogP contribution in [0, 0.1) is 6.92 Å². The minimum Gasteiger partial charge on any atom is -0.345 e. The fourth-order valence-corrected chi connectivity index (χ4v) is 2.62. The lowest BCUT2D eigenvalue weighted by Gasteiger charge is -2.05. The van der Waals surface area contributed by atoms with E-state index in [1.165, 1.54) is 11.3 Å². The molecule has 0 fully saturated rings. The molecule has 1 aromatic carbocycles. The summed E-state index contributed by atoms with van der Waals surface area (Å²) in [5.41, 5.74) is 0.771. The summed E-state index contributed by atoms with van der Waals surface area (Å²) < 4.78 is 0. The largest absolute Gasteiger partial charge is 0.345 e. The normalized spacial score (nSPS) is 10.7. The van der Waals surface area contributed by atoms with E-state index in [0.717, 1.165) is 10.4 Å². The first kappa shape index (κ1) is 13.4. The van der Waals surface area contributed by atoms with Gasteiger partial charge in [-0.05, 0) is 13.0 Å². The van der Waals surface area contributed by atoms with Crippen molar-refractivity contribution in [2.75, 3.05) is 0 Å². The Bertz CT molecular complexity index is 869. The highest BCUT2D eigenvalue weighted by Gasteiger charge is 2.11. The Labute approximate surface area is 123 Å². The molecule has 2 heterocycles. The van der Waals surface area contributed by atoms with Crippen molar-refractivity contribution in [3.8, 4) is 0 Å². The fraction of sp³-hybridized carbons (Fsp3) is 0.143. The quantitative estimate of drug-likeness (QED) is 0.769. The maximum atomic E-state index is 12.0. The summed E-state index contributed by atoms with van der Waals surface area (Å²) in [6.07, 6.45) is 0. The second-order valence-corrected chi connectivity index (χ2v) is 5.54. The lowest BCUT2D eigenvalue weighted by atomic mass is 10.1. The Morgan fingerprint density at radius 3 is 2.81 bits per heavy atom. The minimum absolute atomic E-state index is 0.229. The van der Waals surface area contributed by atoms with E-state index in [2.05, 4.69) is 20.5 Å². The number of thiazole rings is 1. The SMILES string of the molecule is Cc1nc(C(=O)NCc2n[nH]c(=O)c3ccccc23)cs1. The Kier molecular flexibility index (Phi) is 3.49. The van der Waals surface area contributed by atoms with Crippen LogP contribution in [-0.2, 0) is 6.54 Å². The number of hydrogen-bond donors (Lipinski definition) is 2. The van der Waals surface area contributed by atoms with E-state index in [0.29, 0.717) is 16.8 Å². The summed E-state index contributed by atoms with van der Waals surface area (Å²) >= 11 is 1.42. The van der Waals surface area contributed by atoms with Gasteiger partial charge in [0.15, 0.2) is 0 Å². The van der Waals surface area contributed by atoms with Crippen molar-refractivity contribution in [1.29, 1.82) is 0 Å². The topological polar surface area (TPSA) is 87.7 Å². The van der Waals surface area contributed by atoms with E-state index >= 15 is 0 Å². The van der Waals surface area contributed by atoms with Crippen LogP contribution in [0.2, 0.25) is 0 Å². The molecule has 0 unspecified atom stereocenters. The molecule has 0 aliphatic rings. The fourth-order valence-electron chi connectivity index (χ4n) is 2.03. The van der Waals surface area contributed by atoms with Crippen LogP contribution in [0.1, 0.15) is 21.2 Å². The van der Waals surface area contributed by atoms with E-state index in [-0.39, 0.29) is 18.0 Å². The summed E-state index contributed by atoms with van der Waals surface area (Å²) in [6.45, 7) is 2.07. The summed E-state index contributed by atoms with van der Waals surface area (Å²) in [5.74, 6) is -0.253. The number of carbonyl (C=O) groups is 1. The molecular formula is C14H12N4O2S. The van der Waals surface area contributed by atoms with Crippen molar-refractivity contribution in [2.24, 2.45) is 0 Å². The van der Waals surface area contributed by atoms with Crippen LogP contribution in [0.4, 0.5) is 0 Å². The van der Waals surface area contributed by atoms with Gasteiger partial charge >= 0.3 is 0 Å². The number of aromatic amines is 1. The molecule has 0 atom stereocenters. The van der Waals surface area contributed by atoms with Gasteiger partial charge in [-0.15, -0.1) is 11.3 Å². The molecule has 106 valence electrons. The van der Waals surface area contributed by atoms with Crippen LogP contribution in [-0.4, -0.2) is 21.1 Å². The van der Waals surface area contributed by atoms with Gasteiger partial charge in [0, 0.05) is 10.8 Å². The highest BCUT2D eigenvalue weighted by atomic mass is 32.1. The summed E-state index contributed by atoms with van der Waals surface area (Å²) in [6, 6.07) is 7.16. The highest BCUT2D eigenvalue weighted by Crippen LogP contribution is 2.12. The van der Waals surface area contributed by atoms with Crippen molar-refractivity contribution >= 4 is 28.0 Å². The number of aryl methyl sites for hydroxylation is 1. The molecule has 6 nitrogen and oxygen atoms in total. The number of carbonyl (C=O) groups excluding carboxylic acids is 1. The Balaban J connectivity index is 1.84. The predicted octanol–water partition coefficient (Wildman–Crippen LogP) is 1.62. The first-order valence-corrected chi connectivity index (χ1v) is 7.20. The van der Waals surface area contributed by atoms with Crippen molar-refractivity contribution < 1.29 is 4.79 Å². The molecule has 0 saturated heterocycles. The predicted molar refractivity (Wildman–Crippen MR) is 80.4 cm³/mol. The third-order valence-corrected chi connectivity index (χ3v) is 3.82. The summed E-state index contributed by atoms with van der Waals surface area (Å²) in [4.78, 5) is 27.8. The molecule has 0 radical (unpaired) electrons. The molecular weight excluding hydrogens is 288 g/mol. The van der Waals surface area contributed by atoms with Gasteiger partial charge in [-0.25, -0.2) is 10.1 Å². The number of fused-ring (bicyclic) bond motifs is 1. The number of H-pyrrole nitrogens is 1. The van der Waals surface area contributed by atoms with Crippen LogP contribution in [0.5, 0.6) is 0 Å². The molecule has 0 spiro atoms. The number of nitrogens with zero attached hydrogens (tertiary/aromatic N) is 2. The Morgan fingerprint density at radius 2 is 2.10 bits per heavy atom. The third-order valence-electron chi connectivity index (χ3n) is 3.04. The maximum absolute atomic E-state index is 12.0. The van der Waals surface area contributed by atoms with Gasteiger partial charge in [0.1, 0.15) is 5.69 Å². The van der Waals surface area contributed by atoms with Gasteiger partial charge in [-0.1, -0.05) is 18.2 Å². The number of nitrogens with one attached hydrogen (secondary N) is 2. The zero-order valence-electron chi connectivity index (χ0n) is 11.2. The van der Waals surface area contributed by atoms with Crippen LogP contribution in [0.15, 0.2) is 34.4 Å². The average molecular weight is 300 g/mol. The van der Waals surface area contributed by atoms with E-state index in [1.807, 2.05) is 19.1 Å². The lowest BCUT2D eigenvalue weighted by molar-refractivity contribution is 0.0946. The first-order chi connectivity index (χ1) is 10.1. The van der Waals surface area contributed by atoms with Crippen LogP contribution in [0.25, 0.3) is 10.8 Å². The Hall–Kier alpha value is -2.54. The zero-order chi connectivity index (χ0) is 14.8. The molecule has 1 amide bonds. The number of amides is 1. The molecule has 21 heavy (non-hydrogen) atoms. The molecule has 2 N–H and O–H groups in total. The van der Waals surface area contributed by atoms with Gasteiger partial charge in [-0.2, -0.15) is 5.10 Å². The van der Waals surface area contributed by atoms with Crippen molar-refractivity contribution in [2.45, 2.75) is 13.5 Å². The molecule has 0 saturated carbocycles. The van der Waals surface area contributed by atoms with E-state index in [1.54, 1.807) is 17.5 Å². The molecule has 0 aliphatic carbocycles. The Morgan fingerprint density at radius 1 is 1.33 bits per heavy atom. The van der Waals surface area contributed by atoms with Gasteiger partial charge < -0.3 is 5.32 Å². The number of benzene rings is 1. The minimum atomic E-state index is -0.253. The average Bonchev–Trinajstić information content (AvgIpc) is 2.93. The van der Waals surface area contributed by atoms with Gasteiger partial charge in [0.2, 0.25) is 0 Å². The molecule has 2 aromatic heterocycles. The second-order valence-electron chi connectivity index (χ2n) is 4.48. The molecule has 3 aromatic rings. The van der Waals surface area contributed by atoms with Crippen molar-refractivity contribution in [3.63, 3.8) is 0 Å². The molecule has 0 aliphatic heterocycles. The van der Waals surface area contributed by atoms with E-state index in [9.17, 15) is 9.59 Å². The molecule has 0 bridgehead atoms. The summed E-state index contributed by atoms with van der Waals surface area (Å²) in [7, 11) is 0. The highest BCUT2D eigenvalue weighted by molar-refractivity contribution is 7.09. The number of aromatic nitrogens is 3. The smallest absolute Gasteiger partial charge is 0.272 e. The lowest BCUT2D eigenvalue weighted by Crippen LogP contribution is -2.25. The van der Waals surface area contributed by atoms with Crippen LogP contribution < -0.4 is 10.9 Å². The van der Waals surface area contributed by atoms with Crippen LogP contribution in [0.3, 0.4) is 0 Å². The van der Waals surface area contributed by atoms with Gasteiger partial charge in [0.25, 0.3) is 11.5 Å². The standard InChI is InChI=1S/C14H12N4O2S/c1-8-16-12(7-21-8)14(20)15-6-11-9-4-2-3-5-10(9)13(19)18-17-11/h2-5,7H,6H2,1H3,(H,15,20)(H,18,19). The third kappa shape index (κ3) is 2.68. The number of rotatable bonds is 3. The van der Waals surface area contributed by atoms with E-state index in [4.69, 9.17) is 0 Å². The molecule has 7 heteroatoms. The maximum Gasteiger partial charge on any atom is 0.272 e. The number of hydrogen-bond acceptors (Lipinski definition) is 5.